The van der Waals surface area contributed by atoms with Gasteiger partial charge in [0, 0.05) is 18.8 Å². The molecular formula is C11H15N3O2. The van der Waals surface area contributed by atoms with Gasteiger partial charge in [-0.1, -0.05) is 0 Å². The highest BCUT2D eigenvalue weighted by molar-refractivity contribution is 5.24. The number of nitrogens with zero attached hydrogens (tertiary/aromatic N) is 2. The van der Waals surface area contributed by atoms with Gasteiger partial charge in [0.05, 0.1) is 0 Å². The topological polar surface area (TPSA) is 81.1 Å². The van der Waals surface area contributed by atoms with E-state index in [1.54, 1.807) is 16.8 Å². The highest BCUT2D eigenvalue weighted by Gasteiger charge is 2.56. The molecule has 0 saturated heterocycles. The Bertz CT molecular complexity index is 476. The van der Waals surface area contributed by atoms with E-state index in [2.05, 4.69) is 4.98 Å². The Labute approximate surface area is 92.9 Å². The fraction of sp³-hybridized carbons (Fsp3) is 0.636. The van der Waals surface area contributed by atoms with Crippen molar-refractivity contribution in [3.8, 4) is 0 Å². The van der Waals surface area contributed by atoms with Gasteiger partial charge in [-0.3, -0.25) is 4.57 Å². The predicted octanol–water partition coefficient (Wildman–Crippen LogP) is 0.159. The van der Waals surface area contributed by atoms with E-state index >= 15 is 0 Å². The summed E-state index contributed by atoms with van der Waals surface area (Å²) in [5.74, 6) is 0.790. The molecule has 16 heavy (non-hydrogen) atoms. The van der Waals surface area contributed by atoms with Gasteiger partial charge < -0.3 is 10.8 Å². The fourth-order valence-electron chi connectivity index (χ4n) is 3.30. The van der Waals surface area contributed by atoms with Gasteiger partial charge in [0.1, 0.15) is 5.82 Å². The first kappa shape index (κ1) is 9.84. The summed E-state index contributed by atoms with van der Waals surface area (Å²) in [6.45, 7) is 0.233. The quantitative estimate of drug-likeness (QED) is 0.745. The molecule has 0 radical (unpaired) electrons. The van der Waals surface area contributed by atoms with Crippen molar-refractivity contribution in [3.63, 3.8) is 0 Å². The Balaban J connectivity index is 1.93. The van der Waals surface area contributed by atoms with Crippen molar-refractivity contribution >= 4 is 5.82 Å². The summed E-state index contributed by atoms with van der Waals surface area (Å²) >= 11 is 0. The number of nitrogens with two attached hydrogens (primary N) is 1. The summed E-state index contributed by atoms with van der Waals surface area (Å²) in [5.41, 5.74) is 5.27. The van der Waals surface area contributed by atoms with Crippen LogP contribution in [0.5, 0.6) is 0 Å². The first-order valence-electron chi connectivity index (χ1n) is 5.59. The number of hydrogen-bond donors (Lipinski definition) is 2. The zero-order valence-electron chi connectivity index (χ0n) is 8.97. The number of nitrogen functional groups attached to an aromatic ring is 1. The summed E-state index contributed by atoms with van der Waals surface area (Å²) in [6, 6.07) is 1.86. The largest absolute Gasteiger partial charge is 0.396 e. The minimum atomic E-state index is -0.273. The van der Waals surface area contributed by atoms with E-state index in [1.807, 2.05) is 0 Å². The molecule has 3 fully saturated rings. The van der Waals surface area contributed by atoms with Crippen molar-refractivity contribution in [2.75, 3.05) is 12.3 Å². The van der Waals surface area contributed by atoms with Crippen LogP contribution in [0.15, 0.2) is 17.1 Å². The van der Waals surface area contributed by atoms with Crippen LogP contribution < -0.4 is 11.4 Å². The van der Waals surface area contributed by atoms with Crippen LogP contribution in [0, 0.1) is 11.3 Å². The average Bonchev–Trinajstić information content (AvgIpc) is 2.71. The highest BCUT2D eigenvalue weighted by Crippen LogP contribution is 2.62. The molecule has 86 valence electrons. The molecule has 0 amide bonds. The second-order valence-corrected chi connectivity index (χ2v) is 5.14. The summed E-state index contributed by atoms with van der Waals surface area (Å²) in [7, 11) is 0. The maximum Gasteiger partial charge on any atom is 0.349 e. The Hall–Kier alpha value is -1.36. The fourth-order valence-corrected chi connectivity index (χ4v) is 3.30. The van der Waals surface area contributed by atoms with E-state index in [9.17, 15) is 9.90 Å². The molecule has 4 rings (SSSR count). The van der Waals surface area contributed by atoms with E-state index < -0.39 is 0 Å². The summed E-state index contributed by atoms with van der Waals surface area (Å²) in [5, 5.41) is 9.32. The Morgan fingerprint density at radius 2 is 2.31 bits per heavy atom. The highest BCUT2D eigenvalue weighted by atomic mass is 16.3. The van der Waals surface area contributed by atoms with Crippen LogP contribution in [0.1, 0.15) is 25.3 Å². The molecule has 3 N–H and O–H groups in total. The van der Waals surface area contributed by atoms with Crippen molar-refractivity contribution in [1.29, 1.82) is 0 Å². The van der Waals surface area contributed by atoms with Crippen LogP contribution in [0.25, 0.3) is 0 Å². The number of fused-ring (bicyclic) bond motifs is 1. The molecule has 1 heterocycles. The molecule has 5 heteroatoms. The molecule has 1 aromatic rings. The molecular weight excluding hydrogens is 206 g/mol. The smallest absolute Gasteiger partial charge is 0.349 e. The maximum absolute atomic E-state index is 11.7. The monoisotopic (exact) mass is 221 g/mol. The molecule has 1 atom stereocenters. The lowest BCUT2D eigenvalue weighted by molar-refractivity contribution is 0.0545. The molecule has 3 aliphatic carbocycles. The Morgan fingerprint density at radius 3 is 2.88 bits per heavy atom. The van der Waals surface area contributed by atoms with E-state index in [0.29, 0.717) is 5.92 Å². The Kier molecular flexibility index (Phi) is 1.89. The SMILES string of the molecule is Nc1ccn([C@H]2CC3(CO)CC2C3)c(=O)n1. The van der Waals surface area contributed by atoms with Crippen molar-refractivity contribution in [3.05, 3.63) is 22.7 Å². The molecule has 1 aromatic heterocycles. The van der Waals surface area contributed by atoms with E-state index in [4.69, 9.17) is 5.73 Å². The minimum absolute atomic E-state index is 0.0795. The van der Waals surface area contributed by atoms with Crippen LogP contribution >= 0.6 is 0 Å². The number of anilines is 1. The van der Waals surface area contributed by atoms with Gasteiger partial charge in [-0.15, -0.1) is 0 Å². The molecule has 2 bridgehead atoms. The summed E-state index contributed by atoms with van der Waals surface area (Å²) < 4.78 is 1.67. The first-order valence-corrected chi connectivity index (χ1v) is 5.59. The van der Waals surface area contributed by atoms with Crippen LogP contribution in [0.4, 0.5) is 5.82 Å². The second-order valence-electron chi connectivity index (χ2n) is 5.14. The zero-order valence-corrected chi connectivity index (χ0v) is 8.97. The van der Waals surface area contributed by atoms with Crippen LogP contribution in [0.2, 0.25) is 0 Å². The van der Waals surface area contributed by atoms with Crippen molar-refractivity contribution in [2.45, 2.75) is 25.3 Å². The lowest BCUT2D eigenvalue weighted by atomic mass is 9.70. The molecule has 0 unspecified atom stereocenters. The van der Waals surface area contributed by atoms with Crippen LogP contribution in [-0.2, 0) is 0 Å². The van der Waals surface area contributed by atoms with E-state index in [1.165, 1.54) is 0 Å². The van der Waals surface area contributed by atoms with Crippen LogP contribution in [0.3, 0.4) is 0 Å². The summed E-state index contributed by atoms with van der Waals surface area (Å²) in [4.78, 5) is 15.4. The molecule has 3 saturated carbocycles. The van der Waals surface area contributed by atoms with Crippen molar-refractivity contribution in [2.24, 2.45) is 11.3 Å². The van der Waals surface area contributed by atoms with Crippen molar-refractivity contribution in [1.82, 2.24) is 9.55 Å². The molecule has 5 nitrogen and oxygen atoms in total. The number of rotatable bonds is 2. The van der Waals surface area contributed by atoms with Gasteiger partial charge in [-0.2, -0.15) is 4.98 Å². The number of aromatic nitrogens is 2. The van der Waals surface area contributed by atoms with E-state index in [0.717, 1.165) is 19.3 Å². The molecule has 0 aliphatic heterocycles. The molecule has 0 spiro atoms. The second kappa shape index (κ2) is 3.07. The van der Waals surface area contributed by atoms with Gasteiger partial charge in [-0.25, -0.2) is 4.79 Å². The van der Waals surface area contributed by atoms with Gasteiger partial charge in [0.25, 0.3) is 0 Å². The van der Waals surface area contributed by atoms with Gasteiger partial charge in [0.2, 0.25) is 0 Å². The molecule has 3 aliphatic rings. The number of aliphatic hydroxyl groups excluding tert-OH is 1. The third-order valence-corrected chi connectivity index (χ3v) is 4.12. The third-order valence-electron chi connectivity index (χ3n) is 4.12. The lowest BCUT2D eigenvalue weighted by Gasteiger charge is -2.36. The standard InChI is InChI=1S/C11H15N3O2/c12-9-1-2-14(10(16)13-9)8-5-11(6-15)3-7(8)4-11/h1-2,7-8,15H,3-6H2,(H2,12,13,16)/t7?,8-,11?/m0/s1. The predicted molar refractivity (Wildman–Crippen MR) is 58.8 cm³/mol. The third kappa shape index (κ3) is 1.21. The number of aliphatic hydroxyl groups is 1. The van der Waals surface area contributed by atoms with Gasteiger partial charge in [-0.05, 0) is 36.7 Å². The zero-order chi connectivity index (χ0) is 11.3. The Morgan fingerprint density at radius 1 is 1.56 bits per heavy atom. The summed E-state index contributed by atoms with van der Waals surface area (Å²) in [6.07, 6.45) is 4.68. The van der Waals surface area contributed by atoms with Gasteiger partial charge in [0.15, 0.2) is 0 Å². The average molecular weight is 221 g/mol. The maximum atomic E-state index is 11.7. The number of hydrogen-bond acceptors (Lipinski definition) is 4. The lowest BCUT2D eigenvalue weighted by Crippen LogP contribution is -2.32. The normalized spacial score (nSPS) is 36.1. The van der Waals surface area contributed by atoms with Crippen LogP contribution in [-0.4, -0.2) is 21.3 Å². The van der Waals surface area contributed by atoms with Crippen molar-refractivity contribution < 1.29 is 5.11 Å². The molecule has 0 aromatic carbocycles. The minimum Gasteiger partial charge on any atom is -0.396 e. The first-order chi connectivity index (χ1) is 7.63. The van der Waals surface area contributed by atoms with Gasteiger partial charge >= 0.3 is 5.69 Å². The van der Waals surface area contributed by atoms with E-state index in [-0.39, 0.29) is 29.6 Å².